The topological polar surface area (TPSA) is 89.0 Å². The van der Waals surface area contributed by atoms with Crippen LogP contribution in [0.25, 0.3) is 0 Å². The number of aryl methyl sites for hydroxylation is 1. The minimum Gasteiger partial charge on any atom is -0.508 e. The second-order valence-corrected chi connectivity index (χ2v) is 7.56. The van der Waals surface area contributed by atoms with Gasteiger partial charge in [0.15, 0.2) is 5.96 Å². The molecule has 0 spiro atoms. The minimum absolute atomic E-state index is 0.0185. The lowest BCUT2D eigenvalue weighted by Crippen LogP contribution is -2.51. The Morgan fingerprint density at radius 3 is 2.60 bits per heavy atom. The zero-order chi connectivity index (χ0) is 21.3. The van der Waals surface area contributed by atoms with E-state index in [9.17, 15) is 9.90 Å². The number of guanidine groups is 1. The van der Waals surface area contributed by atoms with Gasteiger partial charge in [-0.1, -0.05) is 17.7 Å². The number of amides is 1. The number of aromatic hydroxyl groups is 1. The smallest absolute Gasteiger partial charge is 0.246 e. The van der Waals surface area contributed by atoms with Gasteiger partial charge in [0.2, 0.25) is 5.91 Å². The number of anilines is 2. The van der Waals surface area contributed by atoms with Crippen LogP contribution in [0.1, 0.15) is 25.3 Å². The number of carbonyl (C=O) groups is 1. The van der Waals surface area contributed by atoms with Crippen molar-refractivity contribution in [3.63, 3.8) is 0 Å². The first-order valence-corrected chi connectivity index (χ1v) is 10.5. The Labute approximate surface area is 178 Å². The first-order valence-electron chi connectivity index (χ1n) is 10.5. The molecule has 1 atom stereocenters. The van der Waals surface area contributed by atoms with Crippen molar-refractivity contribution in [2.45, 2.75) is 32.7 Å². The number of nitrogens with one attached hydrogen (secondary N) is 3. The number of benzene rings is 2. The Bertz CT molecular complexity index is 849. The van der Waals surface area contributed by atoms with Crippen molar-refractivity contribution >= 4 is 23.2 Å². The Hall–Kier alpha value is -3.22. The highest BCUT2D eigenvalue weighted by Gasteiger charge is 2.21. The summed E-state index contributed by atoms with van der Waals surface area (Å²) < 4.78 is 0. The largest absolute Gasteiger partial charge is 0.508 e. The lowest BCUT2D eigenvalue weighted by molar-refractivity contribution is -0.114. The number of aliphatic imine (C=N–C) groups is 1. The highest BCUT2D eigenvalue weighted by atomic mass is 16.3. The van der Waals surface area contributed by atoms with Crippen LogP contribution in [0.5, 0.6) is 5.75 Å². The molecule has 0 bridgehead atoms. The van der Waals surface area contributed by atoms with Gasteiger partial charge in [-0.05, 0) is 63.1 Å². The van der Waals surface area contributed by atoms with E-state index < -0.39 is 0 Å². The molecule has 0 aliphatic carbocycles. The van der Waals surface area contributed by atoms with Gasteiger partial charge in [0.05, 0.1) is 0 Å². The first-order chi connectivity index (χ1) is 14.5. The molecule has 1 saturated heterocycles. The third kappa shape index (κ3) is 6.40. The van der Waals surface area contributed by atoms with Gasteiger partial charge in [0, 0.05) is 37.1 Å². The van der Waals surface area contributed by atoms with Crippen molar-refractivity contribution in [3.8, 4) is 5.75 Å². The molecule has 3 rings (SSSR count). The maximum absolute atomic E-state index is 12.2. The number of carbonyl (C=O) groups excluding carboxylic acids is 1. The zero-order valence-electron chi connectivity index (χ0n) is 17.7. The predicted molar refractivity (Wildman–Crippen MR) is 122 cm³/mol. The lowest BCUT2D eigenvalue weighted by atomic mass is 10.0. The second kappa shape index (κ2) is 10.5. The van der Waals surface area contributed by atoms with Crippen molar-refractivity contribution in [1.29, 1.82) is 0 Å². The van der Waals surface area contributed by atoms with Crippen molar-refractivity contribution in [2.75, 3.05) is 36.4 Å². The van der Waals surface area contributed by atoms with E-state index in [1.807, 2.05) is 6.92 Å². The molecule has 1 aliphatic heterocycles. The summed E-state index contributed by atoms with van der Waals surface area (Å²) in [6.07, 6.45) is 2.17. The van der Waals surface area contributed by atoms with Gasteiger partial charge in [-0.15, -0.1) is 0 Å². The summed E-state index contributed by atoms with van der Waals surface area (Å²) in [5.74, 6) is 0.605. The monoisotopic (exact) mass is 409 g/mol. The molecule has 2 aromatic carbocycles. The number of phenolic OH excluding ortho intramolecular Hbond substituents is 1. The van der Waals surface area contributed by atoms with Crippen LogP contribution in [0.2, 0.25) is 0 Å². The highest BCUT2D eigenvalue weighted by molar-refractivity contribution is 5.94. The molecule has 1 heterocycles. The number of piperidine rings is 1. The third-order valence-electron chi connectivity index (χ3n) is 5.04. The van der Waals surface area contributed by atoms with Crippen LogP contribution in [0.4, 0.5) is 11.4 Å². The summed E-state index contributed by atoms with van der Waals surface area (Å²) >= 11 is 0. The van der Waals surface area contributed by atoms with E-state index in [2.05, 4.69) is 57.0 Å². The van der Waals surface area contributed by atoms with E-state index in [1.165, 1.54) is 23.4 Å². The first kappa shape index (κ1) is 21.5. The van der Waals surface area contributed by atoms with Gasteiger partial charge < -0.3 is 26.0 Å². The standard InChI is InChI=1S/C23H31N5O2/c1-3-24-23(25-15-22(30)26-18-8-12-21(29)13-9-18)27-19-5-4-14-28(16-19)20-10-6-17(2)7-11-20/h6-13,19,29H,3-5,14-16H2,1-2H3,(H,26,30)(H2,24,25,27). The van der Waals surface area contributed by atoms with Gasteiger partial charge in [0.1, 0.15) is 12.3 Å². The van der Waals surface area contributed by atoms with Crippen LogP contribution in [0.3, 0.4) is 0 Å². The van der Waals surface area contributed by atoms with Crippen LogP contribution in [-0.4, -0.2) is 49.2 Å². The number of nitrogens with zero attached hydrogens (tertiary/aromatic N) is 2. The molecule has 0 aromatic heterocycles. The van der Waals surface area contributed by atoms with Crippen LogP contribution in [0.15, 0.2) is 53.5 Å². The van der Waals surface area contributed by atoms with Gasteiger partial charge in [-0.25, -0.2) is 4.99 Å². The summed E-state index contributed by atoms with van der Waals surface area (Å²) in [6, 6.07) is 15.3. The summed E-state index contributed by atoms with van der Waals surface area (Å²) in [5.41, 5.74) is 3.13. The summed E-state index contributed by atoms with van der Waals surface area (Å²) in [4.78, 5) is 19.1. The molecule has 1 amide bonds. The summed E-state index contributed by atoms with van der Waals surface area (Å²) in [6.45, 7) is 6.79. The highest BCUT2D eigenvalue weighted by Crippen LogP contribution is 2.20. The second-order valence-electron chi connectivity index (χ2n) is 7.56. The fourth-order valence-corrected chi connectivity index (χ4v) is 3.49. The maximum Gasteiger partial charge on any atom is 0.246 e. The molecule has 7 heteroatoms. The van der Waals surface area contributed by atoms with E-state index in [0.29, 0.717) is 11.6 Å². The minimum atomic E-state index is -0.206. The molecule has 1 fully saturated rings. The van der Waals surface area contributed by atoms with Gasteiger partial charge in [-0.2, -0.15) is 0 Å². The Kier molecular flexibility index (Phi) is 7.54. The fraction of sp³-hybridized carbons (Fsp3) is 0.391. The van der Waals surface area contributed by atoms with Gasteiger partial charge >= 0.3 is 0 Å². The van der Waals surface area contributed by atoms with Crippen molar-refractivity contribution in [3.05, 3.63) is 54.1 Å². The average molecular weight is 410 g/mol. The molecule has 7 nitrogen and oxygen atoms in total. The number of hydrogen-bond acceptors (Lipinski definition) is 4. The van der Waals surface area contributed by atoms with Crippen LogP contribution in [0, 0.1) is 6.92 Å². The number of phenols is 1. The molecule has 0 radical (unpaired) electrons. The summed E-state index contributed by atoms with van der Waals surface area (Å²) in [5, 5.41) is 18.8. The Balaban J connectivity index is 1.56. The SMILES string of the molecule is CCNC(=NCC(=O)Nc1ccc(O)cc1)NC1CCCN(c2ccc(C)cc2)C1. The molecule has 160 valence electrons. The Morgan fingerprint density at radius 2 is 1.90 bits per heavy atom. The number of hydrogen-bond donors (Lipinski definition) is 4. The average Bonchev–Trinajstić information content (AvgIpc) is 2.75. The van der Waals surface area contributed by atoms with Gasteiger partial charge in [-0.3, -0.25) is 4.79 Å². The third-order valence-corrected chi connectivity index (χ3v) is 5.04. The van der Waals surface area contributed by atoms with E-state index >= 15 is 0 Å². The molecule has 1 unspecified atom stereocenters. The molecule has 2 aromatic rings. The predicted octanol–water partition coefficient (Wildman–Crippen LogP) is 2.86. The van der Waals surface area contributed by atoms with Crippen molar-refractivity contribution < 1.29 is 9.90 Å². The van der Waals surface area contributed by atoms with Crippen LogP contribution >= 0.6 is 0 Å². The van der Waals surface area contributed by atoms with Crippen LogP contribution in [-0.2, 0) is 4.79 Å². The van der Waals surface area contributed by atoms with Crippen molar-refractivity contribution in [1.82, 2.24) is 10.6 Å². The molecule has 4 N–H and O–H groups in total. The quantitative estimate of drug-likeness (QED) is 0.335. The Morgan fingerprint density at radius 1 is 1.17 bits per heavy atom. The molecule has 0 saturated carbocycles. The maximum atomic E-state index is 12.2. The summed E-state index contributed by atoms with van der Waals surface area (Å²) in [7, 11) is 0. The van der Waals surface area contributed by atoms with E-state index in [1.54, 1.807) is 12.1 Å². The van der Waals surface area contributed by atoms with Crippen molar-refractivity contribution in [2.24, 2.45) is 4.99 Å². The van der Waals surface area contributed by atoms with E-state index in [4.69, 9.17) is 0 Å². The van der Waals surface area contributed by atoms with E-state index in [0.717, 1.165) is 32.5 Å². The van der Waals surface area contributed by atoms with E-state index in [-0.39, 0.29) is 24.2 Å². The fourth-order valence-electron chi connectivity index (χ4n) is 3.49. The number of rotatable bonds is 6. The normalized spacial score (nSPS) is 16.8. The molecular formula is C23H31N5O2. The lowest BCUT2D eigenvalue weighted by Gasteiger charge is -2.35. The molecule has 30 heavy (non-hydrogen) atoms. The van der Waals surface area contributed by atoms with Gasteiger partial charge in [0.25, 0.3) is 0 Å². The molecular weight excluding hydrogens is 378 g/mol. The van der Waals surface area contributed by atoms with Crippen LogP contribution < -0.4 is 20.9 Å². The molecule has 1 aliphatic rings. The zero-order valence-corrected chi connectivity index (χ0v) is 17.7.